The number of likely N-dealkylation sites (tertiary alicyclic amines) is 1. The Kier molecular flexibility index (Phi) is 2.50. The molecular formula is C11H18ClNO. The van der Waals surface area contributed by atoms with Crippen LogP contribution in [0.1, 0.15) is 26.7 Å². The number of amides is 1. The zero-order valence-electron chi connectivity index (χ0n) is 8.92. The maximum atomic E-state index is 12.0. The zero-order valence-corrected chi connectivity index (χ0v) is 9.68. The summed E-state index contributed by atoms with van der Waals surface area (Å²) in [6, 6.07) is 0. The fraction of sp³-hybridized carbons (Fsp3) is 0.909. The second-order valence-electron chi connectivity index (χ2n) is 5.34. The molecule has 0 bridgehead atoms. The van der Waals surface area contributed by atoms with E-state index >= 15 is 0 Å². The van der Waals surface area contributed by atoms with Crippen molar-refractivity contribution in [2.24, 2.45) is 17.3 Å². The van der Waals surface area contributed by atoms with Crippen molar-refractivity contribution in [2.45, 2.75) is 26.7 Å². The minimum absolute atomic E-state index is 0.260. The van der Waals surface area contributed by atoms with Gasteiger partial charge in [-0.3, -0.25) is 4.79 Å². The van der Waals surface area contributed by atoms with E-state index in [-0.39, 0.29) is 11.3 Å². The van der Waals surface area contributed by atoms with E-state index in [2.05, 4.69) is 13.8 Å². The number of hydrogen-bond acceptors (Lipinski definition) is 1. The highest BCUT2D eigenvalue weighted by molar-refractivity contribution is 6.18. The second-order valence-corrected chi connectivity index (χ2v) is 5.65. The molecule has 1 aliphatic carbocycles. The molecule has 0 aromatic rings. The summed E-state index contributed by atoms with van der Waals surface area (Å²) >= 11 is 5.79. The van der Waals surface area contributed by atoms with E-state index in [0.29, 0.717) is 17.7 Å². The first-order chi connectivity index (χ1) is 6.54. The quantitative estimate of drug-likeness (QED) is 0.647. The van der Waals surface area contributed by atoms with Crippen LogP contribution in [0.15, 0.2) is 0 Å². The molecule has 1 saturated carbocycles. The van der Waals surface area contributed by atoms with Gasteiger partial charge in [0.25, 0.3) is 0 Å². The lowest BCUT2D eigenvalue weighted by Gasteiger charge is -2.17. The molecular weight excluding hydrogens is 198 g/mol. The summed E-state index contributed by atoms with van der Waals surface area (Å²) in [5.74, 6) is 1.87. The average molecular weight is 216 g/mol. The highest BCUT2D eigenvalue weighted by Crippen LogP contribution is 2.52. The Balaban J connectivity index is 1.89. The molecule has 2 rings (SSSR count). The van der Waals surface area contributed by atoms with Crippen LogP contribution in [0.25, 0.3) is 0 Å². The Labute approximate surface area is 90.6 Å². The smallest absolute Gasteiger partial charge is 0.226 e. The van der Waals surface area contributed by atoms with Crippen LogP contribution in [0.4, 0.5) is 0 Å². The normalized spacial score (nSPS) is 34.6. The van der Waals surface area contributed by atoms with Crippen LogP contribution >= 0.6 is 11.6 Å². The average Bonchev–Trinajstić information content (AvgIpc) is 2.64. The molecule has 14 heavy (non-hydrogen) atoms. The predicted molar refractivity (Wildman–Crippen MR) is 57.3 cm³/mol. The molecule has 0 radical (unpaired) electrons. The van der Waals surface area contributed by atoms with Crippen LogP contribution in [0.2, 0.25) is 0 Å². The summed E-state index contributed by atoms with van der Waals surface area (Å²) in [4.78, 5) is 14.0. The number of nitrogens with zero attached hydrogens (tertiary/aromatic N) is 1. The lowest BCUT2D eigenvalue weighted by molar-refractivity contribution is -0.132. The van der Waals surface area contributed by atoms with Gasteiger partial charge in [-0.2, -0.15) is 0 Å². The third-order valence-corrected chi connectivity index (χ3v) is 4.06. The number of rotatable bonds is 2. The molecule has 1 aliphatic heterocycles. The number of hydrogen-bond donors (Lipinski definition) is 0. The molecule has 2 aliphatic rings. The minimum Gasteiger partial charge on any atom is -0.342 e. The Morgan fingerprint density at radius 1 is 1.57 bits per heavy atom. The molecule has 3 heteroatoms. The molecule has 1 saturated heterocycles. The Hall–Kier alpha value is -0.240. The van der Waals surface area contributed by atoms with E-state index in [1.807, 2.05) is 4.90 Å². The predicted octanol–water partition coefficient (Wildman–Crippen LogP) is 2.12. The largest absolute Gasteiger partial charge is 0.342 e. The Morgan fingerprint density at radius 3 is 2.64 bits per heavy atom. The number of alkyl halides is 1. The molecule has 0 aromatic carbocycles. The zero-order chi connectivity index (χ0) is 10.3. The van der Waals surface area contributed by atoms with Crippen molar-refractivity contribution in [3.05, 3.63) is 0 Å². The third-order valence-electron chi connectivity index (χ3n) is 3.63. The fourth-order valence-electron chi connectivity index (χ4n) is 2.27. The Bertz CT molecular complexity index is 252. The summed E-state index contributed by atoms with van der Waals surface area (Å²) in [6.07, 6.45) is 2.15. The van der Waals surface area contributed by atoms with Gasteiger partial charge in [-0.15, -0.1) is 11.6 Å². The van der Waals surface area contributed by atoms with E-state index in [0.717, 1.165) is 25.9 Å². The van der Waals surface area contributed by atoms with Crippen LogP contribution in [0.3, 0.4) is 0 Å². The summed E-state index contributed by atoms with van der Waals surface area (Å²) in [6.45, 7) is 6.15. The standard InChI is InChI=1S/C11H18ClNO/c1-11(2)5-9(11)10(14)13-4-3-8(6-12)7-13/h8-9H,3-7H2,1-2H3. The number of carbonyl (C=O) groups is 1. The van der Waals surface area contributed by atoms with Gasteiger partial charge in [-0.1, -0.05) is 13.8 Å². The van der Waals surface area contributed by atoms with E-state index in [1.54, 1.807) is 0 Å². The van der Waals surface area contributed by atoms with Crippen molar-refractivity contribution < 1.29 is 4.79 Å². The third kappa shape index (κ3) is 1.77. The first kappa shape index (κ1) is 10.3. The van der Waals surface area contributed by atoms with Gasteiger partial charge < -0.3 is 4.90 Å². The van der Waals surface area contributed by atoms with Gasteiger partial charge in [-0.25, -0.2) is 0 Å². The van der Waals surface area contributed by atoms with Crippen molar-refractivity contribution in [2.75, 3.05) is 19.0 Å². The molecule has 2 atom stereocenters. The maximum Gasteiger partial charge on any atom is 0.226 e. The highest BCUT2D eigenvalue weighted by atomic mass is 35.5. The number of carbonyl (C=O) groups excluding carboxylic acids is 1. The van der Waals surface area contributed by atoms with Gasteiger partial charge in [0.2, 0.25) is 5.91 Å². The Morgan fingerprint density at radius 2 is 2.21 bits per heavy atom. The molecule has 1 amide bonds. The lowest BCUT2D eigenvalue weighted by Crippen LogP contribution is -2.31. The molecule has 80 valence electrons. The SMILES string of the molecule is CC1(C)CC1C(=O)N1CCC(CCl)C1. The van der Waals surface area contributed by atoms with Gasteiger partial charge in [0.05, 0.1) is 0 Å². The molecule has 2 nitrogen and oxygen atoms in total. The van der Waals surface area contributed by atoms with Gasteiger partial charge in [0.15, 0.2) is 0 Å². The van der Waals surface area contributed by atoms with Crippen LogP contribution in [-0.2, 0) is 4.79 Å². The van der Waals surface area contributed by atoms with Crippen molar-refractivity contribution in [3.8, 4) is 0 Å². The molecule has 0 N–H and O–H groups in total. The molecule has 0 spiro atoms. The number of halogens is 1. The van der Waals surface area contributed by atoms with Crippen molar-refractivity contribution in [1.82, 2.24) is 4.90 Å². The van der Waals surface area contributed by atoms with Crippen LogP contribution < -0.4 is 0 Å². The second kappa shape index (κ2) is 3.41. The van der Waals surface area contributed by atoms with Gasteiger partial charge in [-0.05, 0) is 24.2 Å². The van der Waals surface area contributed by atoms with E-state index in [4.69, 9.17) is 11.6 Å². The van der Waals surface area contributed by atoms with Crippen LogP contribution in [-0.4, -0.2) is 29.8 Å². The van der Waals surface area contributed by atoms with Crippen molar-refractivity contribution >= 4 is 17.5 Å². The molecule has 1 heterocycles. The summed E-state index contributed by atoms with van der Waals surface area (Å²) < 4.78 is 0. The summed E-state index contributed by atoms with van der Waals surface area (Å²) in [5.41, 5.74) is 0.260. The van der Waals surface area contributed by atoms with Gasteiger partial charge in [0.1, 0.15) is 0 Å². The van der Waals surface area contributed by atoms with E-state index < -0.39 is 0 Å². The first-order valence-electron chi connectivity index (χ1n) is 5.39. The van der Waals surface area contributed by atoms with E-state index in [1.165, 1.54) is 0 Å². The van der Waals surface area contributed by atoms with Gasteiger partial charge in [0, 0.05) is 24.9 Å². The molecule has 2 unspecified atom stereocenters. The van der Waals surface area contributed by atoms with Gasteiger partial charge >= 0.3 is 0 Å². The van der Waals surface area contributed by atoms with Crippen LogP contribution in [0.5, 0.6) is 0 Å². The highest BCUT2D eigenvalue weighted by Gasteiger charge is 2.52. The van der Waals surface area contributed by atoms with Crippen LogP contribution in [0, 0.1) is 17.3 Å². The van der Waals surface area contributed by atoms with Crippen molar-refractivity contribution in [3.63, 3.8) is 0 Å². The van der Waals surface area contributed by atoms with Crippen molar-refractivity contribution in [1.29, 1.82) is 0 Å². The monoisotopic (exact) mass is 215 g/mol. The molecule has 2 fully saturated rings. The fourth-order valence-corrected chi connectivity index (χ4v) is 2.52. The molecule has 0 aromatic heterocycles. The summed E-state index contributed by atoms with van der Waals surface area (Å²) in [7, 11) is 0. The summed E-state index contributed by atoms with van der Waals surface area (Å²) in [5, 5.41) is 0. The topological polar surface area (TPSA) is 20.3 Å². The maximum absolute atomic E-state index is 12.0. The lowest BCUT2D eigenvalue weighted by atomic mass is 10.1. The first-order valence-corrected chi connectivity index (χ1v) is 5.93. The minimum atomic E-state index is 0.260. The van der Waals surface area contributed by atoms with E-state index in [9.17, 15) is 4.79 Å².